The van der Waals surface area contributed by atoms with E-state index in [-0.39, 0.29) is 12.5 Å². The lowest BCUT2D eigenvalue weighted by atomic mass is 10.1. The number of ether oxygens (including phenoxy) is 1. The predicted octanol–water partition coefficient (Wildman–Crippen LogP) is 3.92. The van der Waals surface area contributed by atoms with Gasteiger partial charge in [0, 0.05) is 23.2 Å². The summed E-state index contributed by atoms with van der Waals surface area (Å²) in [7, 11) is -3.35. The number of thiazole rings is 1. The van der Waals surface area contributed by atoms with Crippen LogP contribution in [-0.2, 0) is 26.2 Å². The third kappa shape index (κ3) is 6.12. The second kappa shape index (κ2) is 10.2. The van der Waals surface area contributed by atoms with Gasteiger partial charge in [-0.3, -0.25) is 14.4 Å². The number of anilines is 2. The number of aromatic nitrogens is 1. The van der Waals surface area contributed by atoms with Crippen molar-refractivity contribution in [1.82, 2.24) is 9.88 Å². The molecule has 1 fully saturated rings. The van der Waals surface area contributed by atoms with Crippen LogP contribution in [0, 0.1) is 0 Å². The van der Waals surface area contributed by atoms with Crippen LogP contribution in [-0.4, -0.2) is 49.1 Å². The fourth-order valence-electron chi connectivity index (χ4n) is 3.64. The number of likely N-dealkylation sites (tertiary alicyclic amines) is 1. The van der Waals surface area contributed by atoms with E-state index in [1.807, 2.05) is 30.3 Å². The molecule has 0 radical (unpaired) electrons. The monoisotopic (exact) mass is 500 g/mol. The highest BCUT2D eigenvalue weighted by Gasteiger charge is 2.35. The van der Waals surface area contributed by atoms with Crippen molar-refractivity contribution >= 4 is 44.2 Å². The van der Waals surface area contributed by atoms with Crippen LogP contribution in [0.5, 0.6) is 0 Å². The molecule has 2 N–H and O–H groups in total. The van der Waals surface area contributed by atoms with Crippen LogP contribution in [0.1, 0.15) is 18.4 Å². The summed E-state index contributed by atoms with van der Waals surface area (Å²) in [6.07, 6.45) is 1.85. The molecule has 178 valence electrons. The van der Waals surface area contributed by atoms with Crippen molar-refractivity contribution in [3.8, 4) is 11.3 Å². The lowest BCUT2D eigenvalue weighted by molar-refractivity contribution is -0.120. The molecular weight excluding hydrogens is 476 g/mol. The molecule has 4 rings (SSSR count). The first-order chi connectivity index (χ1) is 16.3. The smallest absolute Gasteiger partial charge is 0.410 e. The van der Waals surface area contributed by atoms with E-state index in [0.29, 0.717) is 29.5 Å². The summed E-state index contributed by atoms with van der Waals surface area (Å²) in [6.45, 7) is 0.613. The molecule has 2 aromatic carbocycles. The number of carbonyl (C=O) groups excluding carboxylic acids is 2. The van der Waals surface area contributed by atoms with Crippen molar-refractivity contribution in [1.29, 1.82) is 0 Å². The van der Waals surface area contributed by atoms with Crippen molar-refractivity contribution in [3.05, 3.63) is 65.5 Å². The fraction of sp³-hybridized carbons (Fsp3) is 0.261. The van der Waals surface area contributed by atoms with E-state index in [0.717, 1.165) is 23.8 Å². The molecule has 11 heteroatoms. The Balaban J connectivity index is 1.35. The Morgan fingerprint density at radius 3 is 2.59 bits per heavy atom. The number of hydrogen-bond acceptors (Lipinski definition) is 7. The molecule has 3 aromatic rings. The molecule has 34 heavy (non-hydrogen) atoms. The van der Waals surface area contributed by atoms with Crippen LogP contribution in [0.25, 0.3) is 11.3 Å². The Kier molecular flexibility index (Phi) is 7.13. The van der Waals surface area contributed by atoms with Gasteiger partial charge in [-0.2, -0.15) is 0 Å². The highest BCUT2D eigenvalue weighted by atomic mass is 32.2. The van der Waals surface area contributed by atoms with Crippen LogP contribution in [0.4, 0.5) is 15.6 Å². The van der Waals surface area contributed by atoms with Gasteiger partial charge in [-0.25, -0.2) is 18.2 Å². The zero-order valence-electron chi connectivity index (χ0n) is 18.4. The van der Waals surface area contributed by atoms with Gasteiger partial charge in [0.05, 0.1) is 11.9 Å². The van der Waals surface area contributed by atoms with Crippen LogP contribution in [0.2, 0.25) is 0 Å². The van der Waals surface area contributed by atoms with Gasteiger partial charge in [0.15, 0.2) is 5.13 Å². The summed E-state index contributed by atoms with van der Waals surface area (Å²) in [5, 5.41) is 5.02. The van der Waals surface area contributed by atoms with Crippen molar-refractivity contribution in [2.75, 3.05) is 22.8 Å². The first-order valence-corrected chi connectivity index (χ1v) is 13.4. The lowest BCUT2D eigenvalue weighted by Gasteiger charge is -2.22. The van der Waals surface area contributed by atoms with E-state index in [4.69, 9.17) is 4.74 Å². The van der Waals surface area contributed by atoms with Crippen LogP contribution in [0.15, 0.2) is 60.0 Å². The maximum absolute atomic E-state index is 12.9. The minimum Gasteiger partial charge on any atom is -0.445 e. The molecule has 1 aromatic heterocycles. The first-order valence-electron chi connectivity index (χ1n) is 10.6. The van der Waals surface area contributed by atoms with Crippen LogP contribution >= 0.6 is 11.3 Å². The molecule has 1 atom stereocenters. The van der Waals surface area contributed by atoms with Crippen LogP contribution < -0.4 is 10.0 Å². The standard InChI is InChI=1S/C23H24N4O5S2/c1-34(30,31)26-18-11-9-17(10-12-18)19-15-33-22(24-19)25-21(28)20-8-5-13-27(20)23(29)32-14-16-6-3-2-4-7-16/h2-4,6-7,9-12,15,20,26H,5,8,13-14H2,1H3,(H,24,25,28)/t20-/m1/s1. The van der Waals surface area contributed by atoms with Crippen molar-refractivity contribution < 1.29 is 22.7 Å². The van der Waals surface area contributed by atoms with Crippen molar-refractivity contribution in [2.45, 2.75) is 25.5 Å². The number of sulfonamides is 1. The maximum Gasteiger partial charge on any atom is 0.410 e. The number of nitrogens with one attached hydrogen (secondary N) is 2. The fourth-order valence-corrected chi connectivity index (χ4v) is 4.92. The average molecular weight is 501 g/mol. The van der Waals surface area contributed by atoms with Gasteiger partial charge >= 0.3 is 6.09 Å². The topological polar surface area (TPSA) is 118 Å². The second-order valence-electron chi connectivity index (χ2n) is 7.87. The molecule has 0 saturated carbocycles. The Bertz CT molecular complexity index is 1260. The lowest BCUT2D eigenvalue weighted by Crippen LogP contribution is -2.43. The molecule has 2 heterocycles. The second-order valence-corrected chi connectivity index (χ2v) is 10.5. The van der Waals surface area contributed by atoms with Gasteiger partial charge in [0.25, 0.3) is 0 Å². The minimum absolute atomic E-state index is 0.152. The molecule has 0 spiro atoms. The number of nitrogens with zero attached hydrogens (tertiary/aromatic N) is 2. The van der Waals surface area contributed by atoms with Crippen molar-refractivity contribution in [3.63, 3.8) is 0 Å². The third-order valence-corrected chi connectivity index (χ3v) is 6.58. The summed E-state index contributed by atoms with van der Waals surface area (Å²) in [5.74, 6) is -0.303. The summed E-state index contributed by atoms with van der Waals surface area (Å²) in [5.41, 5.74) is 2.77. The van der Waals surface area contributed by atoms with E-state index < -0.39 is 22.2 Å². The molecule has 2 amide bonds. The van der Waals surface area contributed by atoms with E-state index in [1.165, 1.54) is 16.2 Å². The average Bonchev–Trinajstić information content (AvgIpc) is 3.48. The van der Waals surface area contributed by atoms with E-state index in [9.17, 15) is 18.0 Å². The molecule has 9 nitrogen and oxygen atoms in total. The first kappa shape index (κ1) is 23.7. The Morgan fingerprint density at radius 1 is 1.15 bits per heavy atom. The molecule has 0 aliphatic carbocycles. The summed E-state index contributed by atoms with van der Waals surface area (Å²) >= 11 is 1.27. The normalized spacial score (nSPS) is 15.7. The molecule has 1 aliphatic rings. The largest absolute Gasteiger partial charge is 0.445 e. The molecule has 0 bridgehead atoms. The van der Waals surface area contributed by atoms with Gasteiger partial charge in [-0.05, 0) is 30.5 Å². The molecule has 1 aliphatic heterocycles. The zero-order valence-corrected chi connectivity index (χ0v) is 20.1. The maximum atomic E-state index is 12.9. The quantitative estimate of drug-likeness (QED) is 0.508. The van der Waals surface area contributed by atoms with Gasteiger partial charge in [-0.15, -0.1) is 11.3 Å². The number of amides is 2. The third-order valence-electron chi connectivity index (χ3n) is 5.21. The van der Waals surface area contributed by atoms with Crippen molar-refractivity contribution in [2.24, 2.45) is 0 Å². The highest BCUT2D eigenvalue weighted by molar-refractivity contribution is 7.92. The van der Waals surface area contributed by atoms with Crippen LogP contribution in [0.3, 0.4) is 0 Å². The van der Waals surface area contributed by atoms with Gasteiger partial charge in [0.1, 0.15) is 12.6 Å². The zero-order chi connectivity index (χ0) is 24.1. The predicted molar refractivity (Wildman–Crippen MR) is 131 cm³/mol. The van der Waals surface area contributed by atoms with E-state index >= 15 is 0 Å². The summed E-state index contributed by atoms with van der Waals surface area (Å²) in [6, 6.07) is 15.5. The number of rotatable bonds is 7. The minimum atomic E-state index is -3.35. The Morgan fingerprint density at radius 2 is 1.88 bits per heavy atom. The van der Waals surface area contributed by atoms with Gasteiger partial charge in [0.2, 0.25) is 15.9 Å². The van der Waals surface area contributed by atoms with E-state index in [1.54, 1.807) is 29.6 Å². The molecular formula is C23H24N4O5S2. The molecule has 0 unspecified atom stereocenters. The summed E-state index contributed by atoms with van der Waals surface area (Å²) < 4.78 is 30.5. The highest BCUT2D eigenvalue weighted by Crippen LogP contribution is 2.27. The number of carbonyl (C=O) groups is 2. The molecule has 1 saturated heterocycles. The van der Waals surface area contributed by atoms with Gasteiger partial charge < -0.3 is 10.1 Å². The summed E-state index contributed by atoms with van der Waals surface area (Å²) in [4.78, 5) is 31.3. The van der Waals surface area contributed by atoms with Gasteiger partial charge in [-0.1, -0.05) is 42.5 Å². The number of benzene rings is 2. The number of hydrogen-bond donors (Lipinski definition) is 2. The Labute approximate surface area is 201 Å². The Hall–Kier alpha value is -3.44. The van der Waals surface area contributed by atoms with E-state index in [2.05, 4.69) is 15.0 Å². The SMILES string of the molecule is CS(=O)(=O)Nc1ccc(-c2csc(NC(=O)[C@H]3CCCN3C(=O)OCc3ccccc3)n2)cc1.